The molecule has 0 aliphatic rings. The molecule has 0 aliphatic carbocycles. The van der Waals surface area contributed by atoms with Crippen LogP contribution in [0.2, 0.25) is 10.0 Å². The maximum atomic E-state index is 13.1. The normalized spacial score (nSPS) is 10.9. The van der Waals surface area contributed by atoms with Gasteiger partial charge in [0.05, 0.1) is 11.6 Å². The van der Waals surface area contributed by atoms with E-state index in [4.69, 9.17) is 32.4 Å². The number of carbonyl (C=O) groups is 1. The molecule has 0 bridgehead atoms. The van der Waals surface area contributed by atoms with Crippen molar-refractivity contribution >= 4 is 34.9 Å². The lowest BCUT2D eigenvalue weighted by Crippen LogP contribution is -2.12. The molecule has 0 radical (unpaired) electrons. The smallest absolute Gasteiger partial charge is 0.292 e. The molecule has 4 rings (SSSR count). The van der Waals surface area contributed by atoms with E-state index in [1.807, 2.05) is 31.2 Å². The van der Waals surface area contributed by atoms with Gasteiger partial charge < -0.3 is 14.5 Å². The summed E-state index contributed by atoms with van der Waals surface area (Å²) in [4.78, 5) is 12.5. The molecule has 32 heavy (non-hydrogen) atoms. The molecule has 164 valence electrons. The van der Waals surface area contributed by atoms with Crippen LogP contribution in [0.4, 0.5) is 10.2 Å². The number of nitrogens with zero attached hydrogens (tertiary/aromatic N) is 2. The fraction of sp³-hybridized carbons (Fsp3) is 0.130. The minimum atomic E-state index is -0.455. The third-order valence-electron chi connectivity index (χ3n) is 4.65. The number of amides is 1. The number of carbonyl (C=O) groups excluding carboxylic acids is 1. The number of rotatable bonds is 7. The predicted octanol–water partition coefficient (Wildman–Crippen LogP) is 6.11. The van der Waals surface area contributed by atoms with Gasteiger partial charge in [-0.15, -0.1) is 0 Å². The van der Waals surface area contributed by atoms with Crippen LogP contribution in [0.5, 0.6) is 5.75 Å². The minimum absolute atomic E-state index is 0.0319. The molecule has 2 aromatic carbocycles. The summed E-state index contributed by atoms with van der Waals surface area (Å²) in [6.45, 7) is 2.40. The van der Waals surface area contributed by atoms with Crippen molar-refractivity contribution in [3.8, 4) is 5.75 Å². The number of furan rings is 1. The highest BCUT2D eigenvalue weighted by atomic mass is 35.5. The van der Waals surface area contributed by atoms with Gasteiger partial charge in [0.2, 0.25) is 0 Å². The molecular weight excluding hydrogens is 456 g/mol. The van der Waals surface area contributed by atoms with Crippen molar-refractivity contribution in [2.24, 2.45) is 0 Å². The number of halogens is 3. The van der Waals surface area contributed by atoms with Crippen LogP contribution in [0.15, 0.2) is 65.1 Å². The molecule has 1 amide bonds. The maximum Gasteiger partial charge on any atom is 0.292 e. The lowest BCUT2D eigenvalue weighted by molar-refractivity contribution is 0.0992. The SMILES string of the molecule is Cc1cc(NC(=O)c2ccc(COc3ccc(F)cc3Cl)o2)nn1Cc1ccccc1Cl. The number of anilines is 1. The van der Waals surface area contributed by atoms with E-state index in [0.29, 0.717) is 28.9 Å². The molecule has 1 N–H and O–H groups in total. The summed E-state index contributed by atoms with van der Waals surface area (Å²) in [5, 5.41) is 7.95. The minimum Gasteiger partial charge on any atom is -0.484 e. The standard InChI is InChI=1S/C23H18Cl2FN3O3/c1-14-10-22(28-29(14)12-15-4-2-3-5-18(15)24)27-23(30)21-9-7-17(32-21)13-31-20-8-6-16(26)11-19(20)25/h2-11H,12-13H2,1H3,(H,27,28,30). The molecule has 0 saturated carbocycles. The number of hydrogen-bond acceptors (Lipinski definition) is 4. The average Bonchev–Trinajstić information content (AvgIpc) is 3.36. The van der Waals surface area contributed by atoms with Gasteiger partial charge in [-0.3, -0.25) is 9.48 Å². The molecule has 0 atom stereocenters. The predicted molar refractivity (Wildman–Crippen MR) is 120 cm³/mol. The van der Waals surface area contributed by atoms with Gasteiger partial charge in [0.1, 0.15) is 23.9 Å². The van der Waals surface area contributed by atoms with Crippen molar-refractivity contribution in [3.63, 3.8) is 0 Å². The van der Waals surface area contributed by atoms with Crippen LogP contribution in [-0.2, 0) is 13.2 Å². The van der Waals surface area contributed by atoms with Gasteiger partial charge in [-0.2, -0.15) is 5.10 Å². The Labute approximate surface area is 193 Å². The van der Waals surface area contributed by atoms with E-state index in [9.17, 15) is 9.18 Å². The van der Waals surface area contributed by atoms with E-state index in [1.54, 1.807) is 16.8 Å². The van der Waals surface area contributed by atoms with Crippen molar-refractivity contribution < 1.29 is 18.3 Å². The van der Waals surface area contributed by atoms with Crippen LogP contribution in [-0.4, -0.2) is 15.7 Å². The van der Waals surface area contributed by atoms with Crippen LogP contribution < -0.4 is 10.1 Å². The van der Waals surface area contributed by atoms with E-state index in [2.05, 4.69) is 10.4 Å². The zero-order valence-corrected chi connectivity index (χ0v) is 18.5. The lowest BCUT2D eigenvalue weighted by Gasteiger charge is -2.06. The summed E-state index contributed by atoms with van der Waals surface area (Å²) in [7, 11) is 0. The maximum absolute atomic E-state index is 13.1. The molecule has 9 heteroatoms. The number of aromatic nitrogens is 2. The molecular formula is C23H18Cl2FN3O3. The van der Waals surface area contributed by atoms with Gasteiger partial charge in [-0.25, -0.2) is 4.39 Å². The van der Waals surface area contributed by atoms with Crippen LogP contribution >= 0.6 is 23.2 Å². The summed E-state index contributed by atoms with van der Waals surface area (Å²) in [5.74, 6) is 0.326. The number of hydrogen-bond donors (Lipinski definition) is 1. The largest absolute Gasteiger partial charge is 0.484 e. The molecule has 0 saturated heterocycles. The van der Waals surface area contributed by atoms with Crippen molar-refractivity contribution in [2.45, 2.75) is 20.1 Å². The molecule has 0 fully saturated rings. The Hall–Kier alpha value is -3.29. The third kappa shape index (κ3) is 5.12. The van der Waals surface area contributed by atoms with Gasteiger partial charge in [0, 0.05) is 16.8 Å². The zero-order valence-electron chi connectivity index (χ0n) is 16.9. The van der Waals surface area contributed by atoms with Gasteiger partial charge in [-0.1, -0.05) is 41.4 Å². The van der Waals surface area contributed by atoms with Crippen LogP contribution in [0.1, 0.15) is 27.6 Å². The fourth-order valence-corrected chi connectivity index (χ4v) is 3.43. The monoisotopic (exact) mass is 473 g/mol. The Morgan fingerprint density at radius 3 is 2.72 bits per heavy atom. The molecule has 2 heterocycles. The third-order valence-corrected chi connectivity index (χ3v) is 5.31. The first-order chi connectivity index (χ1) is 15.4. The van der Waals surface area contributed by atoms with Gasteiger partial charge >= 0.3 is 0 Å². The topological polar surface area (TPSA) is 69.3 Å². The molecule has 0 spiro atoms. The van der Waals surface area contributed by atoms with Crippen LogP contribution in [0.25, 0.3) is 0 Å². The summed E-state index contributed by atoms with van der Waals surface area (Å²) in [6, 6.07) is 16.3. The van der Waals surface area contributed by atoms with E-state index in [1.165, 1.54) is 18.2 Å². The summed E-state index contributed by atoms with van der Waals surface area (Å²) >= 11 is 12.2. The Balaban J connectivity index is 1.38. The van der Waals surface area contributed by atoms with E-state index in [0.717, 1.165) is 17.3 Å². The summed E-state index contributed by atoms with van der Waals surface area (Å²) < 4.78 is 25.9. The highest BCUT2D eigenvalue weighted by Gasteiger charge is 2.15. The average molecular weight is 474 g/mol. The Bertz CT molecular complexity index is 1270. The number of nitrogens with one attached hydrogen (secondary N) is 1. The highest BCUT2D eigenvalue weighted by Crippen LogP contribution is 2.26. The molecule has 4 aromatic rings. The quantitative estimate of drug-likeness (QED) is 0.351. The Morgan fingerprint density at radius 1 is 1.12 bits per heavy atom. The second kappa shape index (κ2) is 9.46. The molecule has 0 aliphatic heterocycles. The van der Waals surface area contributed by atoms with Gasteiger partial charge in [-0.05, 0) is 48.9 Å². The first-order valence-electron chi connectivity index (χ1n) is 9.65. The second-order valence-corrected chi connectivity index (χ2v) is 7.82. The van der Waals surface area contributed by atoms with Crippen LogP contribution in [0.3, 0.4) is 0 Å². The van der Waals surface area contributed by atoms with Crippen molar-refractivity contribution in [1.82, 2.24) is 9.78 Å². The fourth-order valence-electron chi connectivity index (χ4n) is 3.02. The van der Waals surface area contributed by atoms with E-state index in [-0.39, 0.29) is 17.4 Å². The zero-order chi connectivity index (χ0) is 22.7. The highest BCUT2D eigenvalue weighted by molar-refractivity contribution is 6.32. The van der Waals surface area contributed by atoms with Crippen molar-refractivity contribution in [1.29, 1.82) is 0 Å². The summed E-state index contributed by atoms with van der Waals surface area (Å²) in [6.07, 6.45) is 0. The van der Waals surface area contributed by atoms with E-state index < -0.39 is 11.7 Å². The van der Waals surface area contributed by atoms with Crippen molar-refractivity contribution in [3.05, 3.63) is 99.3 Å². The lowest BCUT2D eigenvalue weighted by atomic mass is 10.2. The Kier molecular flexibility index (Phi) is 6.48. The van der Waals surface area contributed by atoms with Crippen molar-refractivity contribution in [2.75, 3.05) is 5.32 Å². The number of aryl methyl sites for hydroxylation is 1. The van der Waals surface area contributed by atoms with E-state index >= 15 is 0 Å². The first kappa shape index (κ1) is 21.9. The summed E-state index contributed by atoms with van der Waals surface area (Å²) in [5.41, 5.74) is 1.79. The first-order valence-corrected chi connectivity index (χ1v) is 10.4. The number of benzene rings is 2. The number of ether oxygens (including phenoxy) is 1. The molecule has 6 nitrogen and oxygen atoms in total. The van der Waals surface area contributed by atoms with Gasteiger partial charge in [0.15, 0.2) is 11.6 Å². The second-order valence-electron chi connectivity index (χ2n) is 7.00. The molecule has 2 aromatic heterocycles. The Morgan fingerprint density at radius 2 is 1.94 bits per heavy atom. The van der Waals surface area contributed by atoms with Gasteiger partial charge in [0.25, 0.3) is 5.91 Å². The molecule has 0 unspecified atom stereocenters. The van der Waals surface area contributed by atoms with Crippen LogP contribution in [0, 0.1) is 12.7 Å².